The van der Waals surface area contributed by atoms with Crippen LogP contribution in [0.25, 0.3) is 0 Å². The zero-order chi connectivity index (χ0) is 5.82. The Morgan fingerprint density at radius 2 is 1.75 bits per heavy atom. The zero-order valence-electron chi connectivity index (χ0n) is 4.79. The van der Waals surface area contributed by atoms with E-state index in [0.717, 1.165) is 0 Å². The van der Waals surface area contributed by atoms with E-state index < -0.39 is 0 Å². The van der Waals surface area contributed by atoms with Crippen LogP contribution in [-0.2, 0) is 0 Å². The van der Waals surface area contributed by atoms with E-state index in [2.05, 4.69) is 35.3 Å². The molecule has 8 heavy (non-hydrogen) atoms. The zero-order valence-corrected chi connectivity index (χ0v) is 7.13. The third-order valence-electron chi connectivity index (χ3n) is 0.979. The molecule has 0 aliphatic rings. The third-order valence-corrected chi connectivity index (χ3v) is 3.10. The Kier molecular flexibility index (Phi) is 2.39. The monoisotopic (exact) mass is 222 g/mol. The fourth-order valence-corrected chi connectivity index (χ4v) is 1.78. The Morgan fingerprint density at radius 3 is 2.12 bits per heavy atom. The van der Waals surface area contributed by atoms with E-state index in [-0.39, 0.29) is 20.9 Å². The normalized spacial score (nSPS) is 9.12. The summed E-state index contributed by atoms with van der Waals surface area (Å²) in [5.74, 6) is 0. The molecule has 0 aromatic heterocycles. The number of hydrogen-bond acceptors (Lipinski definition) is 0. The Hall–Kier alpha value is 0.00961. The molecule has 42 valence electrons. The first-order chi connectivity index (χ1) is 3.93. The van der Waals surface area contributed by atoms with Gasteiger partial charge in [-0.2, -0.15) is 0 Å². The number of rotatable bonds is 1. The molecule has 0 radical (unpaired) electrons. The van der Waals surface area contributed by atoms with Crippen molar-refractivity contribution in [1.29, 1.82) is 0 Å². The first-order valence-corrected chi connectivity index (χ1v) is 6.02. The van der Waals surface area contributed by atoms with E-state index in [1.807, 2.05) is 0 Å². The fourth-order valence-electron chi connectivity index (χ4n) is 0.557. The van der Waals surface area contributed by atoms with Gasteiger partial charge >= 0.3 is 59.8 Å². The van der Waals surface area contributed by atoms with Crippen molar-refractivity contribution < 1.29 is 0 Å². The molecule has 0 fully saturated rings. The molecular formula is C7H8Te. The Bertz CT molecular complexity index is 146. The van der Waals surface area contributed by atoms with Crippen molar-refractivity contribution >= 4 is 24.5 Å². The molecule has 0 bridgehead atoms. The predicted octanol–water partition coefficient (Wildman–Crippen LogP) is 1.06. The molecule has 0 amide bonds. The van der Waals surface area contributed by atoms with Gasteiger partial charge in [-0.1, -0.05) is 0 Å². The summed E-state index contributed by atoms with van der Waals surface area (Å²) in [7, 11) is 0. The van der Waals surface area contributed by atoms with Crippen LogP contribution in [0.1, 0.15) is 0 Å². The van der Waals surface area contributed by atoms with E-state index >= 15 is 0 Å². The van der Waals surface area contributed by atoms with Crippen LogP contribution in [0.2, 0.25) is 4.97 Å². The molecule has 0 nitrogen and oxygen atoms in total. The predicted molar refractivity (Wildman–Crippen MR) is 37.7 cm³/mol. The molecule has 0 N–H and O–H groups in total. The second kappa shape index (κ2) is 3.12. The second-order valence-electron chi connectivity index (χ2n) is 1.52. The van der Waals surface area contributed by atoms with Crippen LogP contribution < -0.4 is 3.61 Å². The van der Waals surface area contributed by atoms with Gasteiger partial charge in [0.1, 0.15) is 0 Å². The first kappa shape index (κ1) is 6.13. The minimum atomic E-state index is 0.158. The molecule has 1 aromatic carbocycles. The molecule has 0 unspecified atom stereocenters. The van der Waals surface area contributed by atoms with Gasteiger partial charge in [0, 0.05) is 0 Å². The molecule has 1 aromatic rings. The molecule has 0 heterocycles. The van der Waals surface area contributed by atoms with E-state index in [4.69, 9.17) is 0 Å². The molecular weight excluding hydrogens is 212 g/mol. The van der Waals surface area contributed by atoms with Gasteiger partial charge in [-0.25, -0.2) is 0 Å². The molecule has 0 aliphatic carbocycles. The summed E-state index contributed by atoms with van der Waals surface area (Å²) in [6.45, 7) is 0. The van der Waals surface area contributed by atoms with Crippen LogP contribution in [0.4, 0.5) is 0 Å². The van der Waals surface area contributed by atoms with Crippen molar-refractivity contribution in [2.75, 3.05) is 0 Å². The van der Waals surface area contributed by atoms with Crippen molar-refractivity contribution in [3.8, 4) is 0 Å². The second-order valence-corrected chi connectivity index (χ2v) is 4.03. The Morgan fingerprint density at radius 1 is 1.12 bits per heavy atom. The average Bonchev–Trinajstić information content (AvgIpc) is 1.90. The average molecular weight is 220 g/mol. The number of benzene rings is 1. The minimum absolute atomic E-state index is 0.158. The number of hydrogen-bond donors (Lipinski definition) is 0. The molecule has 0 saturated heterocycles. The quantitative estimate of drug-likeness (QED) is 0.620. The van der Waals surface area contributed by atoms with Crippen LogP contribution in [0, 0.1) is 0 Å². The SMILES string of the molecule is C[Te]c1ccccc1. The summed E-state index contributed by atoms with van der Waals surface area (Å²) in [6, 6.07) is 10.7. The molecule has 0 atom stereocenters. The van der Waals surface area contributed by atoms with E-state index in [1.165, 1.54) is 3.61 Å². The fraction of sp³-hybridized carbons (Fsp3) is 0.143. The van der Waals surface area contributed by atoms with Crippen molar-refractivity contribution in [3.05, 3.63) is 30.3 Å². The maximum atomic E-state index is 2.29. The summed E-state index contributed by atoms with van der Waals surface area (Å²) < 4.78 is 1.54. The van der Waals surface area contributed by atoms with Gasteiger partial charge in [-0.15, -0.1) is 0 Å². The Labute approximate surface area is 60.0 Å². The van der Waals surface area contributed by atoms with Crippen LogP contribution in [0.3, 0.4) is 0 Å². The topological polar surface area (TPSA) is 0 Å². The Balaban J connectivity index is 2.83. The van der Waals surface area contributed by atoms with E-state index in [9.17, 15) is 0 Å². The van der Waals surface area contributed by atoms with Gasteiger partial charge < -0.3 is 0 Å². The van der Waals surface area contributed by atoms with Gasteiger partial charge in [0.05, 0.1) is 0 Å². The van der Waals surface area contributed by atoms with Crippen molar-refractivity contribution in [3.63, 3.8) is 0 Å². The summed E-state index contributed by atoms with van der Waals surface area (Å²) in [5, 5.41) is 0. The van der Waals surface area contributed by atoms with Crippen molar-refractivity contribution in [2.24, 2.45) is 0 Å². The molecule has 0 aliphatic heterocycles. The van der Waals surface area contributed by atoms with Gasteiger partial charge in [-0.3, -0.25) is 0 Å². The first-order valence-electron chi connectivity index (χ1n) is 2.52. The summed E-state index contributed by atoms with van der Waals surface area (Å²) in [6.07, 6.45) is 0. The molecule has 0 saturated carbocycles. The van der Waals surface area contributed by atoms with Gasteiger partial charge in [-0.05, 0) is 0 Å². The van der Waals surface area contributed by atoms with Crippen LogP contribution in [0.15, 0.2) is 30.3 Å². The maximum absolute atomic E-state index is 2.29. The van der Waals surface area contributed by atoms with E-state index in [0.29, 0.717) is 0 Å². The summed E-state index contributed by atoms with van der Waals surface area (Å²) in [4.78, 5) is 2.29. The summed E-state index contributed by atoms with van der Waals surface area (Å²) in [5.41, 5.74) is 0. The molecule has 1 heteroatoms. The van der Waals surface area contributed by atoms with Gasteiger partial charge in [0.2, 0.25) is 0 Å². The van der Waals surface area contributed by atoms with Crippen molar-refractivity contribution in [2.45, 2.75) is 4.97 Å². The van der Waals surface area contributed by atoms with E-state index in [1.54, 1.807) is 0 Å². The summed E-state index contributed by atoms with van der Waals surface area (Å²) >= 11 is 0.158. The standard InChI is InChI=1S/C7H8Te/c1-8-7-5-3-2-4-6-7/h2-6H,1H3. The van der Waals surface area contributed by atoms with Crippen molar-refractivity contribution in [1.82, 2.24) is 0 Å². The van der Waals surface area contributed by atoms with Crippen LogP contribution in [0.5, 0.6) is 0 Å². The third kappa shape index (κ3) is 1.51. The van der Waals surface area contributed by atoms with Crippen LogP contribution >= 0.6 is 0 Å². The van der Waals surface area contributed by atoms with Crippen LogP contribution in [-0.4, -0.2) is 20.9 Å². The van der Waals surface area contributed by atoms with Gasteiger partial charge in [0.25, 0.3) is 0 Å². The van der Waals surface area contributed by atoms with Gasteiger partial charge in [0.15, 0.2) is 0 Å². The molecule has 0 spiro atoms. The molecule has 1 rings (SSSR count).